The Morgan fingerprint density at radius 1 is 0.875 bits per heavy atom. The van der Waals surface area contributed by atoms with Gasteiger partial charge in [-0.25, -0.2) is 4.79 Å². The van der Waals surface area contributed by atoms with Crippen LogP contribution in [0.15, 0.2) is 0 Å². The molecule has 1 saturated carbocycles. The van der Waals surface area contributed by atoms with Crippen molar-refractivity contribution in [1.29, 1.82) is 0 Å². The second kappa shape index (κ2) is 6.90. The molecule has 0 spiro atoms. The van der Waals surface area contributed by atoms with Crippen LogP contribution >= 0.6 is 0 Å². The van der Waals surface area contributed by atoms with E-state index < -0.39 is 0 Å². The van der Waals surface area contributed by atoms with E-state index in [-0.39, 0.29) is 23.9 Å². The fraction of sp³-hybridized carbons (Fsp3) is 0.889. The number of hydrogen-bond donors (Lipinski definition) is 0. The number of urea groups is 1. The smallest absolute Gasteiger partial charge is 0.320 e. The summed E-state index contributed by atoms with van der Waals surface area (Å²) in [6, 6.07) is 0.832. The largest absolute Gasteiger partial charge is 0.381 e. The minimum atomic E-state index is 0.122. The van der Waals surface area contributed by atoms with Crippen molar-refractivity contribution in [1.82, 2.24) is 14.7 Å². The summed E-state index contributed by atoms with van der Waals surface area (Å²) in [4.78, 5) is 31.6. The Balaban J connectivity index is 1.38. The van der Waals surface area contributed by atoms with Crippen molar-refractivity contribution in [3.63, 3.8) is 0 Å². The van der Waals surface area contributed by atoms with Crippen LogP contribution in [0.4, 0.5) is 4.79 Å². The summed E-state index contributed by atoms with van der Waals surface area (Å²) in [5.41, 5.74) is 0. The van der Waals surface area contributed by atoms with Crippen LogP contribution in [0.5, 0.6) is 0 Å². The highest BCUT2D eigenvalue weighted by Crippen LogP contribution is 2.30. The molecule has 24 heavy (non-hydrogen) atoms. The monoisotopic (exact) mass is 335 g/mol. The summed E-state index contributed by atoms with van der Waals surface area (Å²) >= 11 is 0. The maximum Gasteiger partial charge on any atom is 0.320 e. The molecule has 3 aliphatic heterocycles. The van der Waals surface area contributed by atoms with E-state index >= 15 is 0 Å². The van der Waals surface area contributed by atoms with Gasteiger partial charge in [-0.05, 0) is 25.7 Å². The minimum Gasteiger partial charge on any atom is -0.381 e. The summed E-state index contributed by atoms with van der Waals surface area (Å²) < 4.78 is 5.37. The lowest BCUT2D eigenvalue weighted by Crippen LogP contribution is -2.55. The Morgan fingerprint density at radius 2 is 1.62 bits per heavy atom. The van der Waals surface area contributed by atoms with E-state index in [2.05, 4.69) is 4.90 Å². The van der Waals surface area contributed by atoms with Gasteiger partial charge in [-0.2, -0.15) is 0 Å². The molecule has 6 heteroatoms. The highest BCUT2D eigenvalue weighted by atomic mass is 16.5. The summed E-state index contributed by atoms with van der Waals surface area (Å²) in [5, 5.41) is 0. The zero-order valence-electron chi connectivity index (χ0n) is 14.5. The first kappa shape index (κ1) is 16.2. The van der Waals surface area contributed by atoms with Crippen LogP contribution in [-0.4, -0.2) is 78.1 Å². The van der Waals surface area contributed by atoms with Gasteiger partial charge in [-0.15, -0.1) is 0 Å². The Hall–Kier alpha value is -1.30. The second-order valence-corrected chi connectivity index (χ2v) is 7.74. The molecular weight excluding hydrogens is 306 g/mol. The van der Waals surface area contributed by atoms with Crippen LogP contribution in [0.3, 0.4) is 0 Å². The molecule has 0 radical (unpaired) electrons. The van der Waals surface area contributed by atoms with Gasteiger partial charge in [0.2, 0.25) is 5.91 Å². The maximum absolute atomic E-state index is 12.8. The lowest BCUT2D eigenvalue weighted by molar-refractivity contribution is -0.140. The van der Waals surface area contributed by atoms with Crippen molar-refractivity contribution in [2.75, 3.05) is 39.4 Å². The molecular formula is C18H29N3O3. The van der Waals surface area contributed by atoms with E-state index in [4.69, 9.17) is 4.74 Å². The average molecular weight is 335 g/mol. The Labute approximate surface area is 144 Å². The van der Waals surface area contributed by atoms with Crippen molar-refractivity contribution in [2.45, 2.75) is 57.0 Å². The highest BCUT2D eigenvalue weighted by molar-refractivity contribution is 5.81. The third kappa shape index (κ3) is 3.01. The molecule has 3 saturated heterocycles. The van der Waals surface area contributed by atoms with Gasteiger partial charge in [0.1, 0.15) is 0 Å². The molecule has 0 N–H and O–H groups in total. The van der Waals surface area contributed by atoms with Crippen LogP contribution < -0.4 is 0 Å². The summed E-state index contributed by atoms with van der Waals surface area (Å²) in [6.07, 6.45) is 7.78. The lowest BCUT2D eigenvalue weighted by Gasteiger charge is -2.38. The number of carbonyl (C=O) groups excluding carboxylic acids is 2. The molecule has 3 heterocycles. The third-order valence-corrected chi connectivity index (χ3v) is 6.28. The van der Waals surface area contributed by atoms with Gasteiger partial charge in [-0.1, -0.05) is 19.3 Å². The van der Waals surface area contributed by atoms with Gasteiger partial charge in [0, 0.05) is 51.4 Å². The fourth-order valence-corrected chi connectivity index (χ4v) is 4.83. The zero-order chi connectivity index (χ0) is 16.5. The van der Waals surface area contributed by atoms with Crippen molar-refractivity contribution in [3.05, 3.63) is 0 Å². The van der Waals surface area contributed by atoms with Crippen LogP contribution in [0.1, 0.15) is 44.9 Å². The number of carbonyl (C=O) groups is 2. The van der Waals surface area contributed by atoms with Gasteiger partial charge in [0.05, 0.1) is 6.04 Å². The molecule has 4 fully saturated rings. The first-order chi connectivity index (χ1) is 11.7. The van der Waals surface area contributed by atoms with Crippen LogP contribution in [0.25, 0.3) is 0 Å². The quantitative estimate of drug-likeness (QED) is 0.772. The Morgan fingerprint density at radius 3 is 2.38 bits per heavy atom. The highest BCUT2D eigenvalue weighted by Gasteiger charge is 2.44. The van der Waals surface area contributed by atoms with Gasteiger partial charge in [0.25, 0.3) is 0 Å². The molecule has 0 aromatic rings. The SMILES string of the molecule is O=C(C1CCOCC1)N1CCN2C(=O)N(C3CCCCC3)CC2C1. The first-order valence-electron chi connectivity index (χ1n) is 9.68. The van der Waals surface area contributed by atoms with Gasteiger partial charge in [-0.3, -0.25) is 4.79 Å². The molecule has 1 aliphatic carbocycles. The predicted octanol–water partition coefficient (Wildman–Crippen LogP) is 1.69. The number of hydrogen-bond acceptors (Lipinski definition) is 3. The molecule has 0 aromatic carbocycles. The molecule has 1 unspecified atom stereocenters. The van der Waals surface area contributed by atoms with E-state index in [0.717, 1.165) is 32.2 Å². The Kier molecular flexibility index (Phi) is 4.66. The van der Waals surface area contributed by atoms with Crippen molar-refractivity contribution >= 4 is 11.9 Å². The molecule has 4 aliphatic rings. The molecule has 1 atom stereocenters. The second-order valence-electron chi connectivity index (χ2n) is 7.74. The number of nitrogens with zero attached hydrogens (tertiary/aromatic N) is 3. The normalized spacial score (nSPS) is 29.9. The lowest BCUT2D eigenvalue weighted by atomic mass is 9.94. The first-order valence-corrected chi connectivity index (χ1v) is 9.68. The fourth-order valence-electron chi connectivity index (χ4n) is 4.83. The molecule has 4 rings (SSSR count). The molecule has 134 valence electrons. The maximum atomic E-state index is 12.8. The van der Waals surface area contributed by atoms with Crippen LogP contribution in [0, 0.1) is 5.92 Å². The van der Waals surface area contributed by atoms with Crippen molar-refractivity contribution < 1.29 is 14.3 Å². The number of fused-ring (bicyclic) bond motifs is 1. The van der Waals surface area contributed by atoms with Gasteiger partial charge < -0.3 is 19.4 Å². The van der Waals surface area contributed by atoms with E-state index in [1.165, 1.54) is 19.3 Å². The molecule has 0 bridgehead atoms. The van der Waals surface area contributed by atoms with E-state index in [9.17, 15) is 9.59 Å². The van der Waals surface area contributed by atoms with E-state index in [0.29, 0.717) is 38.9 Å². The number of piperazine rings is 1. The minimum absolute atomic E-state index is 0.122. The van der Waals surface area contributed by atoms with E-state index in [1.54, 1.807) is 0 Å². The average Bonchev–Trinajstić information content (AvgIpc) is 2.99. The van der Waals surface area contributed by atoms with Gasteiger partial charge in [0.15, 0.2) is 0 Å². The van der Waals surface area contributed by atoms with Crippen LogP contribution in [-0.2, 0) is 9.53 Å². The summed E-state index contributed by atoms with van der Waals surface area (Å²) in [7, 11) is 0. The zero-order valence-corrected chi connectivity index (χ0v) is 14.5. The van der Waals surface area contributed by atoms with Crippen molar-refractivity contribution in [3.8, 4) is 0 Å². The number of amides is 3. The molecule has 6 nitrogen and oxygen atoms in total. The predicted molar refractivity (Wildman–Crippen MR) is 89.6 cm³/mol. The van der Waals surface area contributed by atoms with Crippen LogP contribution in [0.2, 0.25) is 0 Å². The van der Waals surface area contributed by atoms with E-state index in [1.807, 2.05) is 9.80 Å². The summed E-state index contributed by atoms with van der Waals surface area (Å²) in [5.74, 6) is 0.401. The summed E-state index contributed by atoms with van der Waals surface area (Å²) in [6.45, 7) is 4.31. The number of rotatable bonds is 2. The number of ether oxygens (including phenoxy) is 1. The topological polar surface area (TPSA) is 53.1 Å². The van der Waals surface area contributed by atoms with Crippen molar-refractivity contribution in [2.24, 2.45) is 5.92 Å². The standard InChI is InChI=1S/C18H29N3O3/c22-17(14-6-10-24-11-7-14)19-8-9-20-16(12-19)13-21(18(20)23)15-4-2-1-3-5-15/h14-16H,1-13H2. The Bertz CT molecular complexity index is 484. The molecule has 3 amide bonds. The van der Waals surface area contributed by atoms with Gasteiger partial charge >= 0.3 is 6.03 Å². The third-order valence-electron chi connectivity index (χ3n) is 6.28. The molecule has 0 aromatic heterocycles.